The number of allylic oxidation sites excluding steroid dienone is 4. The van der Waals surface area contributed by atoms with Gasteiger partial charge in [-0.25, -0.2) is 0 Å². The fourth-order valence-electron chi connectivity index (χ4n) is 0.343. The van der Waals surface area contributed by atoms with Gasteiger partial charge in [-0.15, -0.1) is 0 Å². The van der Waals surface area contributed by atoms with E-state index in [1.807, 2.05) is 26.0 Å². The summed E-state index contributed by atoms with van der Waals surface area (Å²) in [6.45, 7) is 11.4. The van der Waals surface area contributed by atoms with Gasteiger partial charge in [-0.1, -0.05) is 30.9 Å². The standard InChI is InChI=1S/C8H12/c1-5-6-8(4)7(2)3/h5-6H,2,4H2,1,3H3/b6-5-. The monoisotopic (exact) mass is 108 g/mol. The zero-order chi connectivity index (χ0) is 6.57. The molecule has 0 atom stereocenters. The van der Waals surface area contributed by atoms with Crippen LogP contribution in [0.2, 0.25) is 0 Å². The van der Waals surface area contributed by atoms with Gasteiger partial charge < -0.3 is 0 Å². The molecule has 0 aliphatic rings. The Morgan fingerprint density at radius 3 is 2.00 bits per heavy atom. The normalized spacial score (nSPS) is 9.75. The van der Waals surface area contributed by atoms with E-state index in [1.54, 1.807) is 0 Å². The molecule has 0 spiro atoms. The third kappa shape index (κ3) is 2.40. The molecule has 0 unspecified atom stereocenters. The molecule has 0 aliphatic heterocycles. The van der Waals surface area contributed by atoms with Crippen LogP contribution in [0.4, 0.5) is 0 Å². The van der Waals surface area contributed by atoms with Gasteiger partial charge in [0.15, 0.2) is 0 Å². The minimum Gasteiger partial charge on any atom is -0.0955 e. The Balaban J connectivity index is 3.85. The summed E-state index contributed by atoms with van der Waals surface area (Å²) in [5.74, 6) is 0. The van der Waals surface area contributed by atoms with Crippen LogP contribution in [0.5, 0.6) is 0 Å². The van der Waals surface area contributed by atoms with Gasteiger partial charge >= 0.3 is 0 Å². The molecule has 0 saturated heterocycles. The Morgan fingerprint density at radius 1 is 1.38 bits per heavy atom. The summed E-state index contributed by atoms with van der Waals surface area (Å²) in [7, 11) is 0. The Kier molecular flexibility index (Phi) is 2.93. The highest BCUT2D eigenvalue weighted by atomic mass is 13.9. The maximum Gasteiger partial charge on any atom is -0.0309 e. The first-order valence-electron chi connectivity index (χ1n) is 2.66. The summed E-state index contributed by atoms with van der Waals surface area (Å²) in [5.41, 5.74) is 2.04. The average molecular weight is 108 g/mol. The van der Waals surface area contributed by atoms with Gasteiger partial charge in [0.2, 0.25) is 0 Å². The summed E-state index contributed by atoms with van der Waals surface area (Å²) in [5, 5.41) is 0. The Morgan fingerprint density at radius 2 is 1.88 bits per heavy atom. The second-order valence-electron chi connectivity index (χ2n) is 1.81. The van der Waals surface area contributed by atoms with E-state index in [9.17, 15) is 0 Å². The molecule has 0 rings (SSSR count). The lowest BCUT2D eigenvalue weighted by atomic mass is 10.1. The second-order valence-corrected chi connectivity index (χ2v) is 1.81. The summed E-state index contributed by atoms with van der Waals surface area (Å²) in [4.78, 5) is 0. The van der Waals surface area contributed by atoms with Gasteiger partial charge in [-0.3, -0.25) is 0 Å². The zero-order valence-electron chi connectivity index (χ0n) is 5.57. The molecular weight excluding hydrogens is 96.1 g/mol. The number of rotatable bonds is 2. The topological polar surface area (TPSA) is 0 Å². The van der Waals surface area contributed by atoms with Crippen molar-refractivity contribution in [3.05, 3.63) is 36.5 Å². The molecule has 0 saturated carbocycles. The molecule has 0 heteroatoms. The van der Waals surface area contributed by atoms with E-state index in [0.717, 1.165) is 11.1 Å². The van der Waals surface area contributed by atoms with E-state index in [4.69, 9.17) is 0 Å². The second kappa shape index (κ2) is 3.25. The first-order valence-corrected chi connectivity index (χ1v) is 2.66. The summed E-state index contributed by atoms with van der Waals surface area (Å²) < 4.78 is 0. The van der Waals surface area contributed by atoms with E-state index in [0.29, 0.717) is 0 Å². The van der Waals surface area contributed by atoms with Gasteiger partial charge in [0.1, 0.15) is 0 Å². The molecule has 0 aromatic rings. The summed E-state index contributed by atoms with van der Waals surface area (Å²) in [6.07, 6.45) is 3.90. The lowest BCUT2D eigenvalue weighted by molar-refractivity contribution is 1.46. The molecule has 0 amide bonds. The van der Waals surface area contributed by atoms with Crippen molar-refractivity contribution in [2.45, 2.75) is 13.8 Å². The highest BCUT2D eigenvalue weighted by Gasteiger charge is 1.82. The van der Waals surface area contributed by atoms with Gasteiger partial charge in [-0.05, 0) is 19.4 Å². The molecule has 0 bridgehead atoms. The largest absolute Gasteiger partial charge is 0.0955 e. The van der Waals surface area contributed by atoms with Crippen LogP contribution in [0.15, 0.2) is 36.5 Å². The molecule has 0 aromatic carbocycles. The molecule has 44 valence electrons. The van der Waals surface area contributed by atoms with Gasteiger partial charge in [0, 0.05) is 0 Å². The first kappa shape index (κ1) is 7.22. The Hall–Kier alpha value is -0.780. The lowest BCUT2D eigenvalue weighted by Crippen LogP contribution is -1.72. The third-order valence-corrected chi connectivity index (χ3v) is 0.916. The van der Waals surface area contributed by atoms with Crippen LogP contribution >= 0.6 is 0 Å². The van der Waals surface area contributed by atoms with Gasteiger partial charge in [-0.2, -0.15) is 0 Å². The van der Waals surface area contributed by atoms with Crippen LogP contribution in [0, 0.1) is 0 Å². The van der Waals surface area contributed by atoms with Crippen LogP contribution in [0.1, 0.15) is 13.8 Å². The van der Waals surface area contributed by atoms with Crippen molar-refractivity contribution < 1.29 is 0 Å². The molecule has 0 nitrogen and oxygen atoms in total. The number of hydrogen-bond donors (Lipinski definition) is 0. The highest BCUT2D eigenvalue weighted by Crippen LogP contribution is 2.03. The Bertz CT molecular complexity index is 127. The molecule has 8 heavy (non-hydrogen) atoms. The van der Waals surface area contributed by atoms with Crippen molar-refractivity contribution in [3.8, 4) is 0 Å². The number of hydrogen-bond acceptors (Lipinski definition) is 0. The summed E-state index contributed by atoms with van der Waals surface area (Å²) >= 11 is 0. The molecule has 0 heterocycles. The quantitative estimate of drug-likeness (QED) is 0.477. The van der Waals surface area contributed by atoms with Gasteiger partial charge in [0.25, 0.3) is 0 Å². The van der Waals surface area contributed by atoms with Crippen molar-refractivity contribution in [2.24, 2.45) is 0 Å². The van der Waals surface area contributed by atoms with Crippen LogP contribution in [-0.2, 0) is 0 Å². The fraction of sp³-hybridized carbons (Fsp3) is 0.250. The maximum absolute atomic E-state index is 3.76. The third-order valence-electron chi connectivity index (χ3n) is 0.916. The van der Waals surface area contributed by atoms with E-state index < -0.39 is 0 Å². The maximum atomic E-state index is 3.76. The smallest absolute Gasteiger partial charge is 0.0309 e. The summed E-state index contributed by atoms with van der Waals surface area (Å²) in [6, 6.07) is 0. The van der Waals surface area contributed by atoms with Crippen LogP contribution in [0.3, 0.4) is 0 Å². The minimum atomic E-state index is 1.01. The molecule has 0 fully saturated rings. The van der Waals surface area contributed by atoms with E-state index in [2.05, 4.69) is 13.2 Å². The minimum absolute atomic E-state index is 1.01. The average Bonchev–Trinajstić information content (AvgIpc) is 1.67. The molecular formula is C8H12. The highest BCUT2D eigenvalue weighted by molar-refractivity contribution is 5.32. The fourth-order valence-corrected chi connectivity index (χ4v) is 0.343. The lowest BCUT2D eigenvalue weighted by Gasteiger charge is -1.92. The van der Waals surface area contributed by atoms with Crippen molar-refractivity contribution in [1.82, 2.24) is 0 Å². The van der Waals surface area contributed by atoms with Crippen molar-refractivity contribution in [1.29, 1.82) is 0 Å². The Labute approximate surface area is 51.2 Å². The zero-order valence-corrected chi connectivity index (χ0v) is 5.57. The van der Waals surface area contributed by atoms with Crippen LogP contribution < -0.4 is 0 Å². The molecule has 0 radical (unpaired) electrons. The van der Waals surface area contributed by atoms with Crippen LogP contribution in [-0.4, -0.2) is 0 Å². The van der Waals surface area contributed by atoms with Crippen molar-refractivity contribution >= 4 is 0 Å². The molecule has 0 aromatic heterocycles. The predicted octanol–water partition coefficient (Wildman–Crippen LogP) is 2.69. The first-order chi connectivity index (χ1) is 3.68. The van der Waals surface area contributed by atoms with E-state index >= 15 is 0 Å². The van der Waals surface area contributed by atoms with Crippen molar-refractivity contribution in [2.75, 3.05) is 0 Å². The van der Waals surface area contributed by atoms with E-state index in [-0.39, 0.29) is 0 Å². The molecule has 0 aliphatic carbocycles. The van der Waals surface area contributed by atoms with Crippen molar-refractivity contribution in [3.63, 3.8) is 0 Å². The van der Waals surface area contributed by atoms with E-state index in [1.165, 1.54) is 0 Å². The predicted molar refractivity (Wildman–Crippen MR) is 38.8 cm³/mol. The molecule has 0 N–H and O–H groups in total. The SMILES string of the molecule is C=C(C)C(=C)/C=C\C. The van der Waals surface area contributed by atoms with Crippen LogP contribution in [0.25, 0.3) is 0 Å². The van der Waals surface area contributed by atoms with Gasteiger partial charge in [0.05, 0.1) is 0 Å².